The number of nitrogens with one attached hydrogen (secondary N) is 2. The van der Waals surface area contributed by atoms with Gasteiger partial charge in [-0.15, -0.1) is 0 Å². The van der Waals surface area contributed by atoms with Crippen LogP contribution in [0.2, 0.25) is 5.02 Å². The van der Waals surface area contributed by atoms with Crippen LogP contribution in [0.4, 0.5) is 5.82 Å². The fourth-order valence-electron chi connectivity index (χ4n) is 2.33. The number of H-pyrrole nitrogens is 1. The van der Waals surface area contributed by atoms with Crippen LogP contribution in [-0.4, -0.2) is 27.9 Å². The van der Waals surface area contributed by atoms with E-state index in [1.54, 1.807) is 30.3 Å². The molecule has 7 nitrogen and oxygen atoms in total. The highest BCUT2D eigenvalue weighted by Crippen LogP contribution is 2.16. The number of aromatic amines is 1. The van der Waals surface area contributed by atoms with E-state index < -0.39 is 23.5 Å². The standard InChI is InChI=1S/C18H14ClN3O4/c1-10(17(24)22-15-7-6-11(19)9-20-15)26-18(25)13-8-16(23)21-14-5-3-2-4-12(13)14/h2-10H,1H3,(H,21,23)(H,20,22,24)/t10-/m1/s1. The number of halogens is 1. The van der Waals surface area contributed by atoms with Gasteiger partial charge in [0.2, 0.25) is 5.56 Å². The Hall–Kier alpha value is -3.19. The molecular weight excluding hydrogens is 358 g/mol. The summed E-state index contributed by atoms with van der Waals surface area (Å²) in [6.07, 6.45) is 0.300. The third-order valence-electron chi connectivity index (χ3n) is 3.60. The number of aromatic nitrogens is 2. The SMILES string of the molecule is C[C@@H](OC(=O)c1cc(=O)[nH]c2ccccc12)C(=O)Nc1ccc(Cl)cn1. The third kappa shape index (κ3) is 3.89. The highest BCUT2D eigenvalue weighted by molar-refractivity contribution is 6.30. The van der Waals surface area contributed by atoms with E-state index in [-0.39, 0.29) is 11.4 Å². The zero-order chi connectivity index (χ0) is 18.7. The average molecular weight is 372 g/mol. The summed E-state index contributed by atoms with van der Waals surface area (Å²) >= 11 is 5.74. The van der Waals surface area contributed by atoms with Crippen LogP contribution >= 0.6 is 11.6 Å². The van der Waals surface area contributed by atoms with Crippen molar-refractivity contribution >= 4 is 40.2 Å². The molecule has 0 unspecified atom stereocenters. The molecule has 1 amide bonds. The highest BCUT2D eigenvalue weighted by atomic mass is 35.5. The van der Waals surface area contributed by atoms with Crippen molar-refractivity contribution in [2.45, 2.75) is 13.0 Å². The van der Waals surface area contributed by atoms with E-state index in [9.17, 15) is 14.4 Å². The maximum atomic E-state index is 12.4. The van der Waals surface area contributed by atoms with Crippen LogP contribution in [0.3, 0.4) is 0 Å². The van der Waals surface area contributed by atoms with Gasteiger partial charge in [-0.3, -0.25) is 9.59 Å². The average Bonchev–Trinajstić information content (AvgIpc) is 2.62. The van der Waals surface area contributed by atoms with Crippen LogP contribution in [0.5, 0.6) is 0 Å². The van der Waals surface area contributed by atoms with Crippen molar-refractivity contribution in [1.29, 1.82) is 0 Å². The van der Waals surface area contributed by atoms with Crippen molar-refractivity contribution in [2.75, 3.05) is 5.32 Å². The molecule has 132 valence electrons. The van der Waals surface area contributed by atoms with Crippen molar-refractivity contribution in [3.05, 3.63) is 69.6 Å². The minimum Gasteiger partial charge on any atom is -0.449 e. The Morgan fingerprint density at radius 2 is 2.00 bits per heavy atom. The van der Waals surface area contributed by atoms with Crippen LogP contribution in [-0.2, 0) is 9.53 Å². The van der Waals surface area contributed by atoms with Crippen LogP contribution in [0.1, 0.15) is 17.3 Å². The molecule has 0 aliphatic rings. The molecule has 1 aromatic carbocycles. The number of rotatable bonds is 4. The first kappa shape index (κ1) is 17.6. The summed E-state index contributed by atoms with van der Waals surface area (Å²) < 4.78 is 5.20. The molecule has 0 saturated carbocycles. The summed E-state index contributed by atoms with van der Waals surface area (Å²) in [7, 11) is 0. The number of benzene rings is 1. The van der Waals surface area contributed by atoms with Crippen molar-refractivity contribution in [2.24, 2.45) is 0 Å². The molecule has 0 saturated heterocycles. The second kappa shape index (κ2) is 7.37. The molecule has 0 spiro atoms. The van der Waals surface area contributed by atoms with Crippen LogP contribution in [0.15, 0.2) is 53.5 Å². The summed E-state index contributed by atoms with van der Waals surface area (Å²) in [6, 6.07) is 11.1. The lowest BCUT2D eigenvalue weighted by molar-refractivity contribution is -0.123. The molecule has 0 bridgehead atoms. The predicted octanol–water partition coefficient (Wildman–Crippen LogP) is 2.76. The lowest BCUT2D eigenvalue weighted by Crippen LogP contribution is -2.30. The maximum absolute atomic E-state index is 12.4. The fraction of sp³-hybridized carbons (Fsp3) is 0.111. The van der Waals surface area contributed by atoms with E-state index in [0.29, 0.717) is 15.9 Å². The fourth-order valence-corrected chi connectivity index (χ4v) is 2.44. The second-order valence-electron chi connectivity index (χ2n) is 5.49. The Bertz CT molecular complexity index is 1030. The normalized spacial score (nSPS) is 11.8. The highest BCUT2D eigenvalue weighted by Gasteiger charge is 2.21. The summed E-state index contributed by atoms with van der Waals surface area (Å²) in [4.78, 5) is 42.9. The third-order valence-corrected chi connectivity index (χ3v) is 3.83. The number of esters is 1. The first-order valence-electron chi connectivity index (χ1n) is 7.69. The van der Waals surface area contributed by atoms with E-state index in [1.165, 1.54) is 19.2 Å². The number of hydrogen-bond acceptors (Lipinski definition) is 5. The Balaban J connectivity index is 1.76. The quantitative estimate of drug-likeness (QED) is 0.687. The molecule has 0 fully saturated rings. The van der Waals surface area contributed by atoms with Crippen molar-refractivity contribution in [1.82, 2.24) is 9.97 Å². The number of fused-ring (bicyclic) bond motifs is 1. The summed E-state index contributed by atoms with van der Waals surface area (Å²) in [5.74, 6) is -1.04. The van der Waals surface area contributed by atoms with Gasteiger partial charge in [-0.1, -0.05) is 29.8 Å². The molecule has 8 heteroatoms. The second-order valence-corrected chi connectivity index (χ2v) is 5.93. The molecule has 0 radical (unpaired) electrons. The van der Waals surface area contributed by atoms with E-state index in [2.05, 4.69) is 15.3 Å². The van der Waals surface area contributed by atoms with E-state index in [0.717, 1.165) is 6.07 Å². The molecule has 0 aliphatic heterocycles. The summed E-state index contributed by atoms with van der Waals surface area (Å²) in [5, 5.41) is 3.49. The number of carbonyl (C=O) groups is 2. The summed E-state index contributed by atoms with van der Waals surface area (Å²) in [6.45, 7) is 1.43. The molecule has 2 heterocycles. The lowest BCUT2D eigenvalue weighted by Gasteiger charge is -2.14. The van der Waals surface area contributed by atoms with Gasteiger partial charge >= 0.3 is 5.97 Å². The van der Waals surface area contributed by atoms with Crippen molar-refractivity contribution in [3.8, 4) is 0 Å². The molecule has 3 rings (SSSR count). The van der Waals surface area contributed by atoms with E-state index in [1.807, 2.05) is 0 Å². The van der Waals surface area contributed by atoms with Gasteiger partial charge in [0.1, 0.15) is 5.82 Å². The Morgan fingerprint density at radius 1 is 1.23 bits per heavy atom. The first-order chi connectivity index (χ1) is 12.4. The van der Waals surface area contributed by atoms with Gasteiger partial charge in [-0.25, -0.2) is 9.78 Å². The number of amides is 1. The number of nitrogens with zero attached hydrogens (tertiary/aromatic N) is 1. The van der Waals surface area contributed by atoms with Crippen molar-refractivity contribution in [3.63, 3.8) is 0 Å². The predicted molar refractivity (Wildman–Crippen MR) is 97.3 cm³/mol. The zero-order valence-corrected chi connectivity index (χ0v) is 14.4. The number of hydrogen-bond donors (Lipinski definition) is 2. The van der Waals surface area contributed by atoms with Gasteiger partial charge in [-0.2, -0.15) is 0 Å². The zero-order valence-electron chi connectivity index (χ0n) is 13.7. The topological polar surface area (TPSA) is 101 Å². The molecule has 2 N–H and O–H groups in total. The van der Waals surface area contributed by atoms with E-state index in [4.69, 9.17) is 16.3 Å². The molecule has 1 atom stereocenters. The molecule has 26 heavy (non-hydrogen) atoms. The number of para-hydroxylation sites is 1. The maximum Gasteiger partial charge on any atom is 0.339 e. The van der Waals surface area contributed by atoms with Gasteiger partial charge in [0.05, 0.1) is 10.6 Å². The monoisotopic (exact) mass is 371 g/mol. The van der Waals surface area contributed by atoms with Gasteiger partial charge in [-0.05, 0) is 25.1 Å². The minimum absolute atomic E-state index is 0.0913. The van der Waals surface area contributed by atoms with Crippen molar-refractivity contribution < 1.29 is 14.3 Å². The van der Waals surface area contributed by atoms with E-state index >= 15 is 0 Å². The largest absolute Gasteiger partial charge is 0.449 e. The number of carbonyl (C=O) groups excluding carboxylic acids is 2. The van der Waals surface area contributed by atoms with Crippen LogP contribution in [0.25, 0.3) is 10.9 Å². The van der Waals surface area contributed by atoms with Gasteiger partial charge in [0.25, 0.3) is 5.91 Å². The van der Waals surface area contributed by atoms with Crippen LogP contribution < -0.4 is 10.9 Å². The Kier molecular flexibility index (Phi) is 4.99. The number of ether oxygens (including phenoxy) is 1. The Labute approximate surface area is 153 Å². The van der Waals surface area contributed by atoms with Crippen LogP contribution in [0, 0.1) is 0 Å². The Morgan fingerprint density at radius 3 is 2.73 bits per heavy atom. The van der Waals surface area contributed by atoms with Gasteiger partial charge in [0.15, 0.2) is 6.10 Å². The van der Waals surface area contributed by atoms with Gasteiger partial charge < -0.3 is 15.0 Å². The molecule has 2 aromatic heterocycles. The number of anilines is 1. The van der Waals surface area contributed by atoms with Gasteiger partial charge in [0, 0.05) is 23.2 Å². The number of pyridine rings is 2. The first-order valence-corrected chi connectivity index (χ1v) is 8.07. The molecule has 3 aromatic rings. The minimum atomic E-state index is -1.09. The molecular formula is C18H14ClN3O4. The summed E-state index contributed by atoms with van der Waals surface area (Å²) in [5.41, 5.74) is 0.168. The smallest absolute Gasteiger partial charge is 0.339 e. The lowest BCUT2D eigenvalue weighted by atomic mass is 10.1. The molecule has 0 aliphatic carbocycles.